The van der Waals surface area contributed by atoms with Crippen LogP contribution in [0.5, 0.6) is 11.5 Å². The van der Waals surface area contributed by atoms with Crippen molar-refractivity contribution in [2.24, 2.45) is 5.10 Å². The Morgan fingerprint density at radius 1 is 1.28 bits per heavy atom. The van der Waals surface area contributed by atoms with E-state index in [0.29, 0.717) is 36.4 Å². The smallest absolute Gasteiger partial charge is 0.344 e. The van der Waals surface area contributed by atoms with Gasteiger partial charge in [0.1, 0.15) is 0 Å². The van der Waals surface area contributed by atoms with Crippen LogP contribution in [-0.2, 0) is 9.53 Å². The fourth-order valence-electron chi connectivity index (χ4n) is 1.70. The molecule has 0 aromatic heterocycles. The number of hydrogen-bond acceptors (Lipinski definition) is 6. The minimum absolute atomic E-state index is 0.174. The van der Waals surface area contributed by atoms with Crippen molar-refractivity contribution in [3.05, 3.63) is 36.4 Å². The summed E-state index contributed by atoms with van der Waals surface area (Å²) in [7, 11) is 0. The number of thiocarbonyl (C=S) groups is 1. The van der Waals surface area contributed by atoms with Crippen molar-refractivity contribution >= 4 is 29.5 Å². The van der Waals surface area contributed by atoms with Crippen molar-refractivity contribution in [3.8, 4) is 11.5 Å². The number of ether oxygens (including phenoxy) is 3. The molecule has 2 N–H and O–H groups in total. The molecule has 0 aliphatic heterocycles. The molecule has 0 saturated carbocycles. The predicted octanol–water partition coefficient (Wildman–Crippen LogP) is 2.01. The van der Waals surface area contributed by atoms with E-state index in [9.17, 15) is 4.79 Å². The van der Waals surface area contributed by atoms with Crippen LogP contribution in [-0.4, -0.2) is 43.7 Å². The van der Waals surface area contributed by atoms with Crippen molar-refractivity contribution in [2.75, 3.05) is 26.4 Å². The molecule has 0 bridgehead atoms. The van der Waals surface area contributed by atoms with Gasteiger partial charge in [-0.25, -0.2) is 4.79 Å². The van der Waals surface area contributed by atoms with Crippen LogP contribution >= 0.6 is 12.2 Å². The van der Waals surface area contributed by atoms with E-state index in [2.05, 4.69) is 22.4 Å². The molecule has 0 radical (unpaired) electrons. The van der Waals surface area contributed by atoms with Crippen LogP contribution in [0.1, 0.15) is 19.4 Å². The van der Waals surface area contributed by atoms with Gasteiger partial charge in [-0.05, 0) is 49.8 Å². The number of nitrogens with zero attached hydrogens (tertiary/aromatic N) is 1. The van der Waals surface area contributed by atoms with Crippen molar-refractivity contribution in [3.63, 3.8) is 0 Å². The first-order valence-electron chi connectivity index (χ1n) is 7.83. The van der Waals surface area contributed by atoms with E-state index in [1.54, 1.807) is 37.4 Å². The van der Waals surface area contributed by atoms with Gasteiger partial charge < -0.3 is 19.5 Å². The number of nitrogens with one attached hydrogen (secondary N) is 2. The van der Waals surface area contributed by atoms with Crippen LogP contribution in [0.3, 0.4) is 0 Å². The fraction of sp³-hybridized carbons (Fsp3) is 0.353. The van der Waals surface area contributed by atoms with Crippen molar-refractivity contribution in [1.82, 2.24) is 10.7 Å². The Morgan fingerprint density at radius 2 is 2.08 bits per heavy atom. The van der Waals surface area contributed by atoms with Crippen LogP contribution in [0.15, 0.2) is 36.0 Å². The molecule has 1 rings (SSSR count). The molecule has 1 aromatic carbocycles. The number of hydrazone groups is 1. The zero-order chi connectivity index (χ0) is 18.5. The Morgan fingerprint density at radius 3 is 2.76 bits per heavy atom. The molecule has 0 unspecified atom stereocenters. The van der Waals surface area contributed by atoms with Crippen molar-refractivity contribution in [2.45, 2.75) is 13.8 Å². The molecule has 0 atom stereocenters. The molecule has 0 amide bonds. The first kappa shape index (κ1) is 20.4. The summed E-state index contributed by atoms with van der Waals surface area (Å²) in [6.07, 6.45) is 3.29. The molecule has 0 heterocycles. The van der Waals surface area contributed by atoms with E-state index in [1.807, 2.05) is 6.92 Å². The summed E-state index contributed by atoms with van der Waals surface area (Å²) in [6.45, 7) is 8.35. The third-order valence-electron chi connectivity index (χ3n) is 2.71. The van der Waals surface area contributed by atoms with Crippen LogP contribution in [0, 0.1) is 0 Å². The molecule has 0 saturated heterocycles. The van der Waals surface area contributed by atoms with Gasteiger partial charge in [0.2, 0.25) is 0 Å². The van der Waals surface area contributed by atoms with Crippen LogP contribution in [0.25, 0.3) is 0 Å². The first-order valence-corrected chi connectivity index (χ1v) is 8.24. The maximum Gasteiger partial charge on any atom is 0.344 e. The molecular weight excluding hydrogens is 342 g/mol. The highest BCUT2D eigenvalue weighted by Crippen LogP contribution is 2.28. The lowest BCUT2D eigenvalue weighted by Crippen LogP contribution is -2.31. The van der Waals surface area contributed by atoms with E-state index in [1.165, 1.54) is 0 Å². The molecular formula is C17H23N3O4S. The standard InChI is InChI=1S/C17H23N3O4S/c1-4-9-18-17(25)20-19-11-13-7-8-14(15(10-13)22-5-2)24-12-16(21)23-6-3/h4,7-8,10-11H,1,5-6,9,12H2,2-3H3,(H2,18,20,25)/b19-11-. The highest BCUT2D eigenvalue weighted by Gasteiger charge is 2.09. The fourth-order valence-corrected chi connectivity index (χ4v) is 1.84. The van der Waals surface area contributed by atoms with Crippen LogP contribution < -0.4 is 20.2 Å². The van der Waals surface area contributed by atoms with Crippen molar-refractivity contribution < 1.29 is 19.0 Å². The molecule has 0 aliphatic rings. The molecule has 25 heavy (non-hydrogen) atoms. The van der Waals surface area contributed by atoms with Gasteiger partial charge in [0, 0.05) is 6.54 Å². The Bertz CT molecular complexity index is 620. The monoisotopic (exact) mass is 365 g/mol. The summed E-state index contributed by atoms with van der Waals surface area (Å²) in [4.78, 5) is 11.4. The van der Waals surface area contributed by atoms with Gasteiger partial charge in [-0.3, -0.25) is 5.43 Å². The van der Waals surface area contributed by atoms with E-state index in [4.69, 9.17) is 26.4 Å². The number of benzene rings is 1. The molecule has 136 valence electrons. The van der Waals surface area contributed by atoms with Crippen molar-refractivity contribution in [1.29, 1.82) is 0 Å². The molecule has 0 aliphatic carbocycles. The number of esters is 1. The molecule has 0 spiro atoms. The van der Waals surface area contributed by atoms with Gasteiger partial charge in [-0.2, -0.15) is 5.10 Å². The highest BCUT2D eigenvalue weighted by atomic mass is 32.1. The average Bonchev–Trinajstić information content (AvgIpc) is 2.60. The second kappa shape index (κ2) is 11.9. The Balaban J connectivity index is 2.70. The van der Waals surface area contributed by atoms with E-state index in [-0.39, 0.29) is 6.61 Å². The summed E-state index contributed by atoms with van der Waals surface area (Å²) in [5, 5.41) is 7.34. The highest BCUT2D eigenvalue weighted by molar-refractivity contribution is 7.80. The Labute approximate surface area is 153 Å². The Hall–Kier alpha value is -2.61. The zero-order valence-corrected chi connectivity index (χ0v) is 15.2. The quantitative estimate of drug-likeness (QED) is 0.216. The van der Waals surface area contributed by atoms with Gasteiger partial charge in [-0.15, -0.1) is 6.58 Å². The van der Waals surface area contributed by atoms with E-state index in [0.717, 1.165) is 5.56 Å². The third kappa shape index (κ3) is 8.16. The lowest BCUT2D eigenvalue weighted by molar-refractivity contribution is -0.145. The summed E-state index contributed by atoms with van der Waals surface area (Å²) in [5.74, 6) is 0.548. The number of carbonyl (C=O) groups excluding carboxylic acids is 1. The number of hydrogen-bond donors (Lipinski definition) is 2. The first-order chi connectivity index (χ1) is 12.1. The SMILES string of the molecule is C=CCNC(=S)N/N=C\c1ccc(OCC(=O)OCC)c(OCC)c1. The lowest BCUT2D eigenvalue weighted by Gasteiger charge is -2.12. The third-order valence-corrected chi connectivity index (χ3v) is 2.94. The molecule has 8 heteroatoms. The minimum atomic E-state index is -0.430. The predicted molar refractivity (Wildman–Crippen MR) is 101 cm³/mol. The van der Waals surface area contributed by atoms with Crippen LogP contribution in [0.4, 0.5) is 0 Å². The maximum absolute atomic E-state index is 11.4. The lowest BCUT2D eigenvalue weighted by atomic mass is 10.2. The zero-order valence-electron chi connectivity index (χ0n) is 14.4. The topological polar surface area (TPSA) is 81.2 Å². The summed E-state index contributed by atoms with van der Waals surface area (Å²) in [5.41, 5.74) is 3.48. The second-order valence-electron chi connectivity index (χ2n) is 4.60. The van der Waals surface area contributed by atoms with Gasteiger partial charge in [0.15, 0.2) is 23.2 Å². The average molecular weight is 365 g/mol. The second-order valence-corrected chi connectivity index (χ2v) is 5.01. The molecule has 1 aromatic rings. The van der Waals surface area contributed by atoms with Gasteiger partial charge in [-0.1, -0.05) is 6.08 Å². The minimum Gasteiger partial charge on any atom is -0.490 e. The molecule has 7 nitrogen and oxygen atoms in total. The summed E-state index contributed by atoms with van der Waals surface area (Å²) in [6, 6.07) is 5.25. The van der Waals surface area contributed by atoms with E-state index >= 15 is 0 Å². The Kier molecular flexibility index (Phi) is 9.69. The number of rotatable bonds is 10. The van der Waals surface area contributed by atoms with Gasteiger partial charge >= 0.3 is 5.97 Å². The van der Waals surface area contributed by atoms with Gasteiger partial charge in [0.25, 0.3) is 0 Å². The maximum atomic E-state index is 11.4. The molecule has 0 fully saturated rings. The van der Waals surface area contributed by atoms with Crippen LogP contribution in [0.2, 0.25) is 0 Å². The summed E-state index contributed by atoms with van der Waals surface area (Å²) >= 11 is 5.03. The normalized spacial score (nSPS) is 10.2. The van der Waals surface area contributed by atoms with E-state index < -0.39 is 5.97 Å². The largest absolute Gasteiger partial charge is 0.490 e. The number of carbonyl (C=O) groups is 1. The van der Waals surface area contributed by atoms with Gasteiger partial charge in [0.05, 0.1) is 19.4 Å². The summed E-state index contributed by atoms with van der Waals surface area (Å²) < 4.78 is 15.8.